The number of anilines is 1. The highest BCUT2D eigenvalue weighted by atomic mass is 16.1. The van der Waals surface area contributed by atoms with Crippen molar-refractivity contribution in [2.24, 2.45) is 7.05 Å². The van der Waals surface area contributed by atoms with Gasteiger partial charge >= 0.3 is 0 Å². The number of rotatable bonds is 6. The number of fused-ring (bicyclic) bond motifs is 1. The first-order valence-corrected chi connectivity index (χ1v) is 9.51. The predicted molar refractivity (Wildman–Crippen MR) is 112 cm³/mol. The first-order valence-electron chi connectivity index (χ1n) is 9.51. The summed E-state index contributed by atoms with van der Waals surface area (Å²) < 4.78 is 1.91. The van der Waals surface area contributed by atoms with Gasteiger partial charge < -0.3 is 9.88 Å². The van der Waals surface area contributed by atoms with Crippen LogP contribution in [0.4, 0.5) is 5.82 Å². The summed E-state index contributed by atoms with van der Waals surface area (Å²) in [4.78, 5) is 25.8. The molecule has 140 valence electrons. The zero-order valence-corrected chi connectivity index (χ0v) is 16.2. The highest BCUT2D eigenvalue weighted by molar-refractivity contribution is 5.98. The molecular weight excluding hydrogens is 336 g/mol. The van der Waals surface area contributed by atoms with Crippen molar-refractivity contribution in [3.05, 3.63) is 64.3 Å². The second-order valence-corrected chi connectivity index (χ2v) is 7.00. The molecule has 0 radical (unpaired) electrons. The maximum Gasteiger partial charge on any atom is 0.225 e. The average molecular weight is 362 g/mol. The number of pyridine rings is 1. The molecule has 0 fully saturated rings. The van der Waals surface area contributed by atoms with Gasteiger partial charge in [0.2, 0.25) is 5.91 Å². The summed E-state index contributed by atoms with van der Waals surface area (Å²) in [5.41, 5.74) is 3.23. The molecule has 0 atom stereocenters. The number of para-hydroxylation sites is 1. The highest BCUT2D eigenvalue weighted by Crippen LogP contribution is 2.28. The van der Waals surface area contributed by atoms with Crippen LogP contribution >= 0.6 is 0 Å². The van der Waals surface area contributed by atoms with Crippen LogP contribution in [0.5, 0.6) is 0 Å². The topological polar surface area (TPSA) is 51.1 Å². The van der Waals surface area contributed by atoms with Crippen molar-refractivity contribution >= 4 is 22.6 Å². The van der Waals surface area contributed by atoms with Crippen LogP contribution in [-0.2, 0) is 11.8 Å². The van der Waals surface area contributed by atoms with Crippen LogP contribution in [0.2, 0.25) is 0 Å². The molecule has 0 bridgehead atoms. The fraction of sp³-hybridized carbons (Fsp3) is 0.304. The second-order valence-electron chi connectivity index (χ2n) is 7.00. The van der Waals surface area contributed by atoms with Crippen molar-refractivity contribution in [3.8, 4) is 11.1 Å². The van der Waals surface area contributed by atoms with E-state index in [2.05, 4.69) is 12.2 Å². The van der Waals surface area contributed by atoms with E-state index >= 15 is 0 Å². The van der Waals surface area contributed by atoms with E-state index in [-0.39, 0.29) is 11.3 Å². The number of hydrogen-bond donors (Lipinski definition) is 1. The summed E-state index contributed by atoms with van der Waals surface area (Å²) in [5.74, 6) is 0.506. The Morgan fingerprint density at radius 3 is 2.44 bits per heavy atom. The normalized spacial score (nSPS) is 10.9. The van der Waals surface area contributed by atoms with Crippen LogP contribution in [0.1, 0.15) is 38.2 Å². The van der Waals surface area contributed by atoms with Gasteiger partial charge in [0.15, 0.2) is 5.43 Å². The molecule has 3 rings (SSSR count). The van der Waals surface area contributed by atoms with E-state index in [9.17, 15) is 9.59 Å². The van der Waals surface area contributed by atoms with E-state index in [1.165, 1.54) is 0 Å². The first-order chi connectivity index (χ1) is 13.0. The number of nitrogens with zero attached hydrogens (tertiary/aromatic N) is 1. The summed E-state index contributed by atoms with van der Waals surface area (Å²) >= 11 is 0. The van der Waals surface area contributed by atoms with Crippen LogP contribution in [0.25, 0.3) is 22.0 Å². The molecule has 1 heterocycles. The van der Waals surface area contributed by atoms with Crippen LogP contribution in [0.15, 0.2) is 53.3 Å². The fourth-order valence-corrected chi connectivity index (χ4v) is 3.35. The summed E-state index contributed by atoms with van der Waals surface area (Å²) in [6.07, 6.45) is 3.40. The number of carbonyl (C=O) groups excluding carboxylic acids is 1. The Labute approximate surface area is 159 Å². The number of nitrogens with one attached hydrogen (secondary N) is 1. The molecule has 0 aliphatic heterocycles. The number of benzene rings is 2. The largest absolute Gasteiger partial charge is 0.330 e. The van der Waals surface area contributed by atoms with Crippen LogP contribution in [-0.4, -0.2) is 10.5 Å². The number of unbranched alkanes of at least 4 members (excludes halogenated alkanes) is 2. The molecule has 2 aromatic carbocycles. The van der Waals surface area contributed by atoms with E-state index in [1.54, 1.807) is 0 Å². The minimum absolute atomic E-state index is 0.0536. The van der Waals surface area contributed by atoms with Crippen LogP contribution in [0.3, 0.4) is 0 Å². The van der Waals surface area contributed by atoms with Crippen molar-refractivity contribution in [2.45, 2.75) is 39.5 Å². The molecule has 1 N–H and O–H groups in total. The number of aromatic nitrogens is 1. The lowest BCUT2D eigenvalue weighted by Crippen LogP contribution is -2.21. The molecule has 0 spiro atoms. The number of amides is 1. The maximum atomic E-state index is 13.3. The van der Waals surface area contributed by atoms with Gasteiger partial charge in [0.25, 0.3) is 0 Å². The molecule has 0 aliphatic carbocycles. The third-order valence-electron chi connectivity index (χ3n) is 4.91. The van der Waals surface area contributed by atoms with Crippen molar-refractivity contribution in [2.75, 3.05) is 5.32 Å². The van der Waals surface area contributed by atoms with Gasteiger partial charge in [-0.05, 0) is 31.0 Å². The molecule has 0 unspecified atom stereocenters. The van der Waals surface area contributed by atoms with Gasteiger partial charge in [-0.25, -0.2) is 0 Å². The SMILES string of the molecule is CCCCCC(=O)Nc1c(-c2ccc(C)cc2)c(=O)c2ccccc2n1C. The van der Waals surface area contributed by atoms with Gasteiger partial charge in [0, 0.05) is 18.9 Å². The summed E-state index contributed by atoms with van der Waals surface area (Å²) in [6, 6.07) is 15.4. The van der Waals surface area contributed by atoms with E-state index < -0.39 is 0 Å². The lowest BCUT2D eigenvalue weighted by Gasteiger charge is -2.18. The molecular formula is C23H26N2O2. The second kappa shape index (κ2) is 8.21. The van der Waals surface area contributed by atoms with Crippen molar-refractivity contribution in [1.29, 1.82) is 0 Å². The number of aryl methyl sites for hydroxylation is 2. The van der Waals surface area contributed by atoms with Gasteiger partial charge in [-0.3, -0.25) is 9.59 Å². The Bertz CT molecular complexity index is 1020. The van der Waals surface area contributed by atoms with Gasteiger partial charge in [0.1, 0.15) is 5.82 Å². The number of hydrogen-bond acceptors (Lipinski definition) is 2. The highest BCUT2D eigenvalue weighted by Gasteiger charge is 2.18. The fourth-order valence-electron chi connectivity index (χ4n) is 3.35. The molecule has 1 aromatic heterocycles. The molecule has 0 saturated heterocycles. The molecule has 4 nitrogen and oxygen atoms in total. The molecule has 3 aromatic rings. The van der Waals surface area contributed by atoms with E-state index in [1.807, 2.05) is 67.1 Å². The molecule has 0 saturated carbocycles. The van der Waals surface area contributed by atoms with Crippen molar-refractivity contribution in [3.63, 3.8) is 0 Å². The molecule has 0 aliphatic rings. The molecule has 4 heteroatoms. The van der Waals surface area contributed by atoms with Gasteiger partial charge in [-0.2, -0.15) is 0 Å². The number of carbonyl (C=O) groups is 1. The maximum absolute atomic E-state index is 13.3. The Hall–Kier alpha value is -2.88. The first kappa shape index (κ1) is 18.9. The third kappa shape index (κ3) is 3.95. The Morgan fingerprint density at radius 2 is 1.74 bits per heavy atom. The Morgan fingerprint density at radius 1 is 1.04 bits per heavy atom. The van der Waals surface area contributed by atoms with Gasteiger partial charge in [-0.1, -0.05) is 61.7 Å². The quantitative estimate of drug-likeness (QED) is 0.625. The van der Waals surface area contributed by atoms with Crippen molar-refractivity contribution < 1.29 is 4.79 Å². The monoisotopic (exact) mass is 362 g/mol. The van der Waals surface area contributed by atoms with Gasteiger partial charge in [-0.15, -0.1) is 0 Å². The summed E-state index contributed by atoms with van der Waals surface area (Å²) in [5, 5.41) is 3.66. The van der Waals surface area contributed by atoms with E-state index in [4.69, 9.17) is 0 Å². The predicted octanol–water partition coefficient (Wildman–Crippen LogP) is 5.03. The van der Waals surface area contributed by atoms with Gasteiger partial charge in [0.05, 0.1) is 11.1 Å². The zero-order valence-electron chi connectivity index (χ0n) is 16.2. The Kier molecular flexibility index (Phi) is 5.75. The minimum atomic E-state index is -0.0589. The standard InChI is InChI=1S/C23H26N2O2/c1-4-5-6-11-20(26)24-23-21(17-14-12-16(2)13-15-17)22(27)18-9-7-8-10-19(18)25(23)3/h7-10,12-15H,4-6,11H2,1-3H3,(H,24,26). The smallest absolute Gasteiger partial charge is 0.225 e. The minimum Gasteiger partial charge on any atom is -0.330 e. The molecule has 1 amide bonds. The lowest BCUT2D eigenvalue weighted by atomic mass is 10.0. The average Bonchev–Trinajstić information content (AvgIpc) is 2.67. The Balaban J connectivity index is 2.15. The van der Waals surface area contributed by atoms with Crippen molar-refractivity contribution in [1.82, 2.24) is 4.57 Å². The summed E-state index contributed by atoms with van der Waals surface area (Å²) in [6.45, 7) is 4.12. The molecule has 27 heavy (non-hydrogen) atoms. The van der Waals surface area contributed by atoms with Crippen LogP contribution in [0, 0.1) is 6.92 Å². The zero-order chi connectivity index (χ0) is 19.4. The third-order valence-corrected chi connectivity index (χ3v) is 4.91. The van der Waals surface area contributed by atoms with Crippen LogP contribution < -0.4 is 10.7 Å². The summed E-state index contributed by atoms with van der Waals surface area (Å²) in [7, 11) is 1.89. The van der Waals surface area contributed by atoms with E-state index in [0.29, 0.717) is 23.2 Å². The lowest BCUT2D eigenvalue weighted by molar-refractivity contribution is -0.116. The van der Waals surface area contributed by atoms with E-state index in [0.717, 1.165) is 35.9 Å².